The maximum Gasteiger partial charge on any atom is 0.519 e. The first-order valence-corrected chi connectivity index (χ1v) is 18.1. The molecule has 2 aromatic heterocycles. The standard InChI is InChI=1S/C17H24N2O7S.C10H18O5.C7H8N2O3S/c1-8-24-12(21)11(20)10-9-27-13(18-14(22)25-16(2,3)4)19(10)15(23)26-17(5,6)7;1-9(2,3)14-7(11)13-8(12)15-10(4,5)6;1-2-12-6(11)5(10)4-3-13-7(8)9-4/h9H,8H2,1-7H3;1-6H3;3H,2H2,1H3,(H2,8,9). The highest BCUT2D eigenvalue weighted by molar-refractivity contribution is 7.13. The second-order valence-electron chi connectivity index (χ2n) is 14.5. The van der Waals surface area contributed by atoms with E-state index in [9.17, 15) is 38.4 Å². The molecule has 0 aliphatic heterocycles. The van der Waals surface area contributed by atoms with Gasteiger partial charge in [0.15, 0.2) is 5.13 Å². The number of carbonyl (C=O) groups excluding carboxylic acids is 8. The van der Waals surface area contributed by atoms with Crippen molar-refractivity contribution in [2.24, 2.45) is 4.99 Å². The Morgan fingerprint density at radius 2 is 1.09 bits per heavy atom. The third-order valence-corrected chi connectivity index (χ3v) is 6.22. The number of ketones is 2. The van der Waals surface area contributed by atoms with Crippen LogP contribution in [0, 0.1) is 0 Å². The quantitative estimate of drug-likeness (QED) is 0.111. The zero-order valence-corrected chi connectivity index (χ0v) is 35.1. The van der Waals surface area contributed by atoms with Gasteiger partial charge in [-0.05, 0) is 96.9 Å². The highest BCUT2D eigenvalue weighted by Gasteiger charge is 2.29. The lowest BCUT2D eigenvalue weighted by atomic mass is 10.2. The SMILES string of the molecule is CC(C)(C)OC(=O)OC(=O)OC(C)(C)C.CCOC(=O)C(=O)c1csc(=NC(=O)OC(C)(C)C)n1C(=O)OC(C)(C)C.CCOC(=O)C(=O)c1csc(N)n1. The molecule has 19 nitrogen and oxygen atoms in total. The molecule has 0 saturated carbocycles. The fraction of sp³-hybridized carbons (Fsp3) is 0.588. The van der Waals surface area contributed by atoms with Crippen LogP contribution in [0.4, 0.5) is 24.3 Å². The molecule has 0 saturated heterocycles. The molecule has 2 rings (SSSR count). The molecule has 55 heavy (non-hydrogen) atoms. The van der Waals surface area contributed by atoms with E-state index in [-0.39, 0.29) is 34.5 Å². The van der Waals surface area contributed by atoms with Crippen LogP contribution in [-0.4, -0.2) is 93.2 Å². The molecule has 0 spiro atoms. The number of anilines is 1. The van der Waals surface area contributed by atoms with Gasteiger partial charge < -0.3 is 38.9 Å². The fourth-order valence-corrected chi connectivity index (χ4v) is 4.38. The largest absolute Gasteiger partial charge is 0.519 e. The number of thiazole rings is 2. The van der Waals surface area contributed by atoms with Crippen molar-refractivity contribution in [2.45, 2.75) is 119 Å². The number of rotatable bonds is 6. The van der Waals surface area contributed by atoms with Crippen LogP contribution in [0.15, 0.2) is 15.8 Å². The van der Waals surface area contributed by atoms with E-state index in [0.717, 1.165) is 27.2 Å². The molecular formula is C34H50N4O15S2. The number of carbonyl (C=O) groups is 8. The number of aromatic nitrogens is 2. The molecule has 0 atom stereocenters. The number of hydrogen-bond acceptors (Lipinski definition) is 19. The van der Waals surface area contributed by atoms with Crippen molar-refractivity contribution in [3.8, 4) is 0 Å². The molecule has 0 unspecified atom stereocenters. The summed E-state index contributed by atoms with van der Waals surface area (Å²) in [6, 6.07) is 0. The van der Waals surface area contributed by atoms with E-state index in [4.69, 9.17) is 24.7 Å². The summed E-state index contributed by atoms with van der Waals surface area (Å²) in [5.74, 6) is -3.83. The van der Waals surface area contributed by atoms with Crippen LogP contribution in [0.3, 0.4) is 0 Å². The van der Waals surface area contributed by atoms with Crippen LogP contribution in [-0.2, 0) is 42.7 Å². The first-order valence-electron chi connectivity index (χ1n) is 16.4. The van der Waals surface area contributed by atoms with E-state index >= 15 is 0 Å². The second-order valence-corrected chi connectivity index (χ2v) is 16.2. The summed E-state index contributed by atoms with van der Waals surface area (Å²) in [6.45, 7) is 23.2. The maximum absolute atomic E-state index is 12.5. The number of nitrogen functional groups attached to an aromatic ring is 1. The molecule has 308 valence electrons. The van der Waals surface area contributed by atoms with Gasteiger partial charge >= 0.3 is 36.4 Å². The van der Waals surface area contributed by atoms with Gasteiger partial charge in [-0.2, -0.15) is 0 Å². The predicted molar refractivity (Wildman–Crippen MR) is 198 cm³/mol. The van der Waals surface area contributed by atoms with Crippen molar-refractivity contribution in [2.75, 3.05) is 18.9 Å². The second kappa shape index (κ2) is 21.1. The van der Waals surface area contributed by atoms with Crippen LogP contribution in [0.2, 0.25) is 0 Å². The molecule has 2 N–H and O–H groups in total. The number of hydrogen-bond donors (Lipinski definition) is 1. The molecule has 0 aromatic carbocycles. The van der Waals surface area contributed by atoms with Gasteiger partial charge in [-0.3, -0.25) is 9.59 Å². The smallest absolute Gasteiger partial charge is 0.460 e. The minimum Gasteiger partial charge on any atom is -0.460 e. The summed E-state index contributed by atoms with van der Waals surface area (Å²) >= 11 is 1.92. The summed E-state index contributed by atoms with van der Waals surface area (Å²) in [6.07, 6.45) is -4.02. The number of amides is 1. The molecule has 2 heterocycles. The lowest BCUT2D eigenvalue weighted by Crippen LogP contribution is -2.36. The number of esters is 2. The Labute approximate surface area is 326 Å². The van der Waals surface area contributed by atoms with E-state index in [1.165, 1.54) is 10.8 Å². The Kier molecular flexibility index (Phi) is 19.1. The van der Waals surface area contributed by atoms with Crippen molar-refractivity contribution < 1.29 is 71.5 Å². The summed E-state index contributed by atoms with van der Waals surface area (Å²) in [5, 5.41) is 2.91. The lowest BCUT2D eigenvalue weighted by Gasteiger charge is -2.20. The molecule has 0 fully saturated rings. The average molecular weight is 819 g/mol. The Bertz CT molecular complexity index is 1740. The monoisotopic (exact) mass is 818 g/mol. The average Bonchev–Trinajstić information content (AvgIpc) is 3.59. The van der Waals surface area contributed by atoms with E-state index < -0.39 is 70.4 Å². The Balaban J connectivity index is 0.000000877. The van der Waals surface area contributed by atoms with E-state index in [1.807, 2.05) is 0 Å². The van der Waals surface area contributed by atoms with Gasteiger partial charge in [0.05, 0.1) is 13.2 Å². The van der Waals surface area contributed by atoms with Gasteiger partial charge in [-0.25, -0.2) is 38.3 Å². The number of ether oxygens (including phenoxy) is 7. The van der Waals surface area contributed by atoms with Gasteiger partial charge in [0.25, 0.3) is 11.6 Å². The van der Waals surface area contributed by atoms with Crippen LogP contribution in [0.5, 0.6) is 0 Å². The highest BCUT2D eigenvalue weighted by Crippen LogP contribution is 2.15. The maximum atomic E-state index is 12.5. The number of Topliss-reactive ketones (excluding diaryl/α,β-unsaturated/α-hetero) is 2. The zero-order chi connectivity index (χ0) is 43.1. The van der Waals surface area contributed by atoms with Gasteiger partial charge in [0.1, 0.15) is 33.8 Å². The van der Waals surface area contributed by atoms with Crippen LogP contribution >= 0.6 is 22.7 Å². The fourth-order valence-electron chi connectivity index (χ4n) is 3.00. The van der Waals surface area contributed by atoms with Crippen molar-refractivity contribution >= 4 is 75.8 Å². The topological polar surface area (TPSA) is 257 Å². The van der Waals surface area contributed by atoms with E-state index in [0.29, 0.717) is 0 Å². The zero-order valence-electron chi connectivity index (χ0n) is 33.4. The lowest BCUT2D eigenvalue weighted by molar-refractivity contribution is -0.138. The first kappa shape index (κ1) is 49.8. The van der Waals surface area contributed by atoms with E-state index in [2.05, 4.69) is 24.2 Å². The summed E-state index contributed by atoms with van der Waals surface area (Å²) in [7, 11) is 0. The van der Waals surface area contributed by atoms with Crippen molar-refractivity contribution in [3.05, 3.63) is 26.9 Å². The minimum atomic E-state index is -1.13. The predicted octanol–water partition coefficient (Wildman–Crippen LogP) is 6.26. The van der Waals surface area contributed by atoms with Gasteiger partial charge in [-0.15, -0.1) is 27.7 Å². The molecule has 0 aliphatic carbocycles. The third kappa shape index (κ3) is 21.3. The van der Waals surface area contributed by atoms with Crippen LogP contribution < -0.4 is 10.5 Å². The van der Waals surface area contributed by atoms with Crippen molar-refractivity contribution in [1.29, 1.82) is 0 Å². The van der Waals surface area contributed by atoms with Gasteiger partial charge in [0.2, 0.25) is 4.80 Å². The third-order valence-electron chi connectivity index (χ3n) is 4.72. The summed E-state index contributed by atoms with van der Waals surface area (Å²) in [4.78, 5) is 99.9. The number of nitrogens with two attached hydrogens (primary N) is 1. The highest BCUT2D eigenvalue weighted by atomic mass is 32.1. The van der Waals surface area contributed by atoms with Crippen molar-refractivity contribution in [1.82, 2.24) is 9.55 Å². The molecular weight excluding hydrogens is 769 g/mol. The molecule has 21 heteroatoms. The normalized spacial score (nSPS) is 11.6. The molecule has 0 radical (unpaired) electrons. The first-order chi connectivity index (χ1) is 24.9. The molecule has 1 amide bonds. The summed E-state index contributed by atoms with van der Waals surface area (Å²) < 4.78 is 34.1. The van der Waals surface area contributed by atoms with Gasteiger partial charge in [-0.1, -0.05) is 0 Å². The Morgan fingerprint density at radius 1 is 0.655 bits per heavy atom. The summed E-state index contributed by atoms with van der Waals surface area (Å²) in [5.41, 5.74) is 1.97. The minimum absolute atomic E-state index is 0.00368. The van der Waals surface area contributed by atoms with E-state index in [1.54, 1.807) is 96.9 Å². The van der Waals surface area contributed by atoms with Crippen molar-refractivity contribution in [3.63, 3.8) is 0 Å². The van der Waals surface area contributed by atoms with Crippen LogP contribution in [0.25, 0.3) is 0 Å². The Hall–Kier alpha value is -5.18. The molecule has 2 aromatic rings. The number of nitrogens with zero attached hydrogens (tertiary/aromatic N) is 3. The molecule has 0 bridgehead atoms. The molecule has 0 aliphatic rings. The Morgan fingerprint density at radius 3 is 1.47 bits per heavy atom. The van der Waals surface area contributed by atoms with Gasteiger partial charge in [0, 0.05) is 10.8 Å². The van der Waals surface area contributed by atoms with Crippen LogP contribution in [0.1, 0.15) is 118 Å².